The van der Waals surface area contributed by atoms with Crippen molar-refractivity contribution in [1.29, 1.82) is 0 Å². The molecule has 10 heteroatoms. The number of phenolic OH excluding ortho intramolecular Hbond substituents is 1. The third kappa shape index (κ3) is 5.75. The number of hydrogen-bond donors (Lipinski definition) is 4. The van der Waals surface area contributed by atoms with Crippen LogP contribution in [-0.2, 0) is 9.84 Å². The summed E-state index contributed by atoms with van der Waals surface area (Å²) in [4.78, 5) is 4.40. The number of hydrogen-bond acceptors (Lipinski definition) is 8. The second-order valence-electron chi connectivity index (χ2n) is 7.69. The van der Waals surface area contributed by atoms with Crippen LogP contribution in [0, 0.1) is 3.57 Å². The Morgan fingerprint density at radius 3 is 2.70 bits per heavy atom. The molecule has 33 heavy (non-hydrogen) atoms. The molecule has 0 saturated carbocycles. The Balaban J connectivity index is 1.93. The average Bonchev–Trinajstić information content (AvgIpc) is 3.08. The number of methoxy groups -OCH3 is 1. The van der Waals surface area contributed by atoms with E-state index in [9.17, 15) is 28.8 Å². The number of aliphatic hydroxyl groups is 3. The lowest BCUT2D eigenvalue weighted by molar-refractivity contribution is 0.188. The van der Waals surface area contributed by atoms with Gasteiger partial charge in [0.2, 0.25) is 0 Å². The number of phenols is 1. The first kappa shape index (κ1) is 25.6. The first-order chi connectivity index (χ1) is 15.7. The number of rotatable bonds is 9. The summed E-state index contributed by atoms with van der Waals surface area (Å²) in [5.74, 6) is 0.00904. The SMILES string of the molecule is COc1cc(/C=C(/CC[C@@H](O)C2=C(CO)CS(=O)(=O)[C@H]2CO)c2ccccn2)cc(I)c1O. The summed E-state index contributed by atoms with van der Waals surface area (Å²) in [5.41, 5.74) is 2.65. The summed E-state index contributed by atoms with van der Waals surface area (Å²) in [7, 11) is -2.19. The normalized spacial score (nSPS) is 19.1. The zero-order chi connectivity index (χ0) is 24.2. The van der Waals surface area contributed by atoms with Gasteiger partial charge in [-0.3, -0.25) is 4.98 Å². The summed E-state index contributed by atoms with van der Waals surface area (Å²) >= 11 is 2.01. The van der Waals surface area contributed by atoms with E-state index in [1.165, 1.54) is 7.11 Å². The van der Waals surface area contributed by atoms with Crippen molar-refractivity contribution >= 4 is 44.1 Å². The van der Waals surface area contributed by atoms with Crippen LogP contribution in [0.3, 0.4) is 0 Å². The van der Waals surface area contributed by atoms with Crippen LogP contribution >= 0.6 is 22.6 Å². The highest BCUT2D eigenvalue weighted by Gasteiger charge is 2.40. The van der Waals surface area contributed by atoms with Gasteiger partial charge in [-0.05, 0) is 88.1 Å². The van der Waals surface area contributed by atoms with E-state index in [0.29, 0.717) is 21.4 Å². The molecule has 0 aliphatic carbocycles. The van der Waals surface area contributed by atoms with Crippen LogP contribution in [0.2, 0.25) is 0 Å². The topological polar surface area (TPSA) is 137 Å². The summed E-state index contributed by atoms with van der Waals surface area (Å²) in [6.07, 6.45) is 2.88. The lowest BCUT2D eigenvalue weighted by Crippen LogP contribution is -2.29. The molecule has 0 spiro atoms. The molecule has 1 aliphatic heterocycles. The van der Waals surface area contributed by atoms with Crippen LogP contribution in [0.1, 0.15) is 24.1 Å². The molecule has 3 rings (SSSR count). The molecule has 2 heterocycles. The lowest BCUT2D eigenvalue weighted by atomic mass is 9.94. The lowest BCUT2D eigenvalue weighted by Gasteiger charge is -2.19. The smallest absolute Gasteiger partial charge is 0.171 e. The third-order valence-corrected chi connectivity index (χ3v) is 8.42. The van der Waals surface area contributed by atoms with Crippen LogP contribution in [0.25, 0.3) is 11.6 Å². The molecule has 2 aromatic rings. The number of pyridine rings is 1. The first-order valence-corrected chi connectivity index (χ1v) is 13.0. The molecule has 0 bridgehead atoms. The highest BCUT2D eigenvalue weighted by molar-refractivity contribution is 14.1. The molecular weight excluding hydrogens is 561 g/mol. The maximum absolute atomic E-state index is 12.3. The molecule has 0 unspecified atom stereocenters. The van der Waals surface area contributed by atoms with Gasteiger partial charge in [0.05, 0.1) is 41.4 Å². The molecule has 0 amide bonds. The molecule has 0 fully saturated rings. The summed E-state index contributed by atoms with van der Waals surface area (Å²) in [6, 6.07) is 8.93. The Morgan fingerprint density at radius 2 is 2.09 bits per heavy atom. The van der Waals surface area contributed by atoms with Gasteiger partial charge in [0, 0.05) is 6.20 Å². The van der Waals surface area contributed by atoms with E-state index in [0.717, 1.165) is 11.1 Å². The summed E-state index contributed by atoms with van der Waals surface area (Å²) in [5, 5.41) is 39.0. The Labute approximate surface area is 206 Å². The number of sulfone groups is 1. The van der Waals surface area contributed by atoms with Crippen LogP contribution in [0.5, 0.6) is 11.5 Å². The minimum Gasteiger partial charge on any atom is -0.504 e. The minimum atomic E-state index is -3.66. The van der Waals surface area contributed by atoms with Crippen molar-refractivity contribution < 1.29 is 33.6 Å². The Morgan fingerprint density at radius 1 is 1.33 bits per heavy atom. The summed E-state index contributed by atoms with van der Waals surface area (Å²) in [6.45, 7) is -1.14. The molecule has 1 aliphatic rings. The van der Waals surface area contributed by atoms with E-state index in [2.05, 4.69) is 4.98 Å². The van der Waals surface area contributed by atoms with Crippen molar-refractivity contribution in [2.75, 3.05) is 26.1 Å². The van der Waals surface area contributed by atoms with E-state index < -0.39 is 34.4 Å². The number of nitrogens with zero attached hydrogens (tertiary/aromatic N) is 1. The fourth-order valence-corrected chi connectivity index (χ4v) is 6.46. The highest BCUT2D eigenvalue weighted by atomic mass is 127. The van der Waals surface area contributed by atoms with E-state index in [1.807, 2.05) is 40.8 Å². The maximum Gasteiger partial charge on any atom is 0.171 e. The number of aliphatic hydroxyl groups excluding tert-OH is 3. The van der Waals surface area contributed by atoms with Gasteiger partial charge in [-0.2, -0.15) is 0 Å². The Bertz CT molecular complexity index is 1160. The van der Waals surface area contributed by atoms with Gasteiger partial charge in [0.15, 0.2) is 21.3 Å². The fourth-order valence-electron chi connectivity index (χ4n) is 3.96. The van der Waals surface area contributed by atoms with Gasteiger partial charge >= 0.3 is 0 Å². The van der Waals surface area contributed by atoms with E-state index in [-0.39, 0.29) is 29.1 Å². The van der Waals surface area contributed by atoms with Gasteiger partial charge in [0.1, 0.15) is 5.25 Å². The molecule has 0 saturated heterocycles. The number of aromatic hydroxyl groups is 1. The standard InChI is InChI=1S/C23H26INO7S/c1-32-20-10-14(9-17(24)23(20)29)8-15(18-4-2-3-7-25-18)5-6-19(28)22-16(11-26)13-33(30,31)21(22)12-27/h2-4,7-10,19,21,26-29H,5-6,11-13H2,1H3/b15-8-/t19-,21+/m1/s1. The van der Waals surface area contributed by atoms with Crippen LogP contribution in [-0.4, -0.2) is 71.3 Å². The number of benzene rings is 1. The fraction of sp³-hybridized carbons (Fsp3) is 0.348. The molecule has 1 aromatic carbocycles. The molecule has 178 valence electrons. The summed E-state index contributed by atoms with van der Waals surface area (Å²) < 4.78 is 30.5. The van der Waals surface area contributed by atoms with Crippen LogP contribution in [0.4, 0.5) is 0 Å². The third-order valence-electron chi connectivity index (χ3n) is 5.57. The van der Waals surface area contributed by atoms with E-state index in [1.54, 1.807) is 24.4 Å². The number of aromatic nitrogens is 1. The molecule has 4 N–H and O–H groups in total. The first-order valence-electron chi connectivity index (χ1n) is 10.2. The molecular formula is C23H26INO7S. The van der Waals surface area contributed by atoms with Crippen molar-refractivity contribution in [3.8, 4) is 11.5 Å². The molecule has 1 aromatic heterocycles. The van der Waals surface area contributed by atoms with Crippen molar-refractivity contribution in [1.82, 2.24) is 4.98 Å². The van der Waals surface area contributed by atoms with Crippen molar-refractivity contribution in [3.05, 3.63) is 62.5 Å². The molecule has 8 nitrogen and oxygen atoms in total. The predicted molar refractivity (Wildman–Crippen MR) is 133 cm³/mol. The monoisotopic (exact) mass is 587 g/mol. The van der Waals surface area contributed by atoms with Crippen molar-refractivity contribution in [2.24, 2.45) is 0 Å². The van der Waals surface area contributed by atoms with Crippen molar-refractivity contribution in [3.63, 3.8) is 0 Å². The molecule has 0 radical (unpaired) electrons. The predicted octanol–water partition coefficient (Wildman–Crippen LogP) is 2.16. The minimum absolute atomic E-state index is 0.0472. The van der Waals surface area contributed by atoms with E-state index >= 15 is 0 Å². The Kier molecular flexibility index (Phi) is 8.51. The van der Waals surface area contributed by atoms with Crippen molar-refractivity contribution in [2.45, 2.75) is 24.2 Å². The van der Waals surface area contributed by atoms with Gasteiger partial charge in [-0.1, -0.05) is 6.07 Å². The van der Waals surface area contributed by atoms with E-state index in [4.69, 9.17) is 4.74 Å². The second kappa shape index (κ2) is 11.0. The number of ether oxygens (including phenoxy) is 1. The van der Waals surface area contributed by atoms with Crippen LogP contribution < -0.4 is 4.74 Å². The Hall–Kier alpha value is -1.99. The number of halogens is 1. The van der Waals surface area contributed by atoms with Gasteiger partial charge < -0.3 is 25.2 Å². The van der Waals surface area contributed by atoms with Gasteiger partial charge in [-0.15, -0.1) is 0 Å². The zero-order valence-corrected chi connectivity index (χ0v) is 21.0. The highest BCUT2D eigenvalue weighted by Crippen LogP contribution is 2.35. The van der Waals surface area contributed by atoms with Gasteiger partial charge in [-0.25, -0.2) is 8.42 Å². The quantitative estimate of drug-likeness (QED) is 0.259. The zero-order valence-electron chi connectivity index (χ0n) is 18.0. The number of allylic oxidation sites excluding steroid dienone is 1. The van der Waals surface area contributed by atoms with Gasteiger partial charge in [0.25, 0.3) is 0 Å². The molecule has 2 atom stereocenters. The average molecular weight is 587 g/mol. The maximum atomic E-state index is 12.3. The second-order valence-corrected chi connectivity index (χ2v) is 11.0. The largest absolute Gasteiger partial charge is 0.504 e. The van der Waals surface area contributed by atoms with Crippen LogP contribution in [0.15, 0.2) is 47.7 Å².